The van der Waals surface area contributed by atoms with Gasteiger partial charge in [0.05, 0.1) is 6.04 Å². The number of likely N-dealkylation sites (tertiary alicyclic amines) is 1. The molecular weight excluding hydrogens is 550 g/mol. The summed E-state index contributed by atoms with van der Waals surface area (Å²) in [6.45, 7) is 8.54. The first-order valence-electron chi connectivity index (χ1n) is 15.3. The Morgan fingerprint density at radius 2 is 1.68 bits per heavy atom. The number of H-pyrrole nitrogens is 1. The molecule has 7 nitrogen and oxygen atoms in total. The van der Waals surface area contributed by atoms with Gasteiger partial charge in [-0.05, 0) is 60.6 Å². The van der Waals surface area contributed by atoms with Gasteiger partial charge in [-0.3, -0.25) is 14.8 Å². The Morgan fingerprint density at radius 3 is 2.36 bits per heavy atom. The van der Waals surface area contributed by atoms with Gasteiger partial charge in [0.25, 0.3) is 0 Å². The van der Waals surface area contributed by atoms with Crippen LogP contribution in [0.3, 0.4) is 0 Å². The molecule has 1 saturated heterocycles. The standard InChI is InChI=1S/C37H38N3O4/c1-24(2)18-20-39(35(25(3)41)21-26-22-38-33-16-9-8-11-27(26)33)36(42)34-17-10-19-40(34)37(43)44-23-32-30-14-6-4-12-28(30)29-13-5-7-15-31(29)32/h4-9,11-16,18,22,32,34-35,38H,3,10,17,19-21,23H2,1-2H3/t34-,35-/m0/s1. The fourth-order valence-corrected chi connectivity index (χ4v) is 6.67. The van der Waals surface area contributed by atoms with Crippen LogP contribution in [0.25, 0.3) is 22.0 Å². The minimum Gasteiger partial charge on any atom is -0.448 e. The second-order valence-corrected chi connectivity index (χ2v) is 12.0. The number of hydrogen-bond donors (Lipinski definition) is 1. The first-order chi connectivity index (χ1) is 21.3. The van der Waals surface area contributed by atoms with Crippen molar-refractivity contribution >= 4 is 22.9 Å². The van der Waals surface area contributed by atoms with Gasteiger partial charge >= 0.3 is 6.09 Å². The van der Waals surface area contributed by atoms with Gasteiger partial charge in [0.2, 0.25) is 5.91 Å². The summed E-state index contributed by atoms with van der Waals surface area (Å²) in [5.74, 6) is -0.659. The average molecular weight is 589 g/mol. The molecule has 225 valence electrons. The van der Waals surface area contributed by atoms with Crippen molar-refractivity contribution in [2.24, 2.45) is 0 Å². The van der Waals surface area contributed by atoms with Crippen LogP contribution >= 0.6 is 0 Å². The highest BCUT2D eigenvalue weighted by Crippen LogP contribution is 2.44. The molecule has 1 fully saturated rings. The molecule has 3 aromatic carbocycles. The molecule has 0 spiro atoms. The van der Waals surface area contributed by atoms with Crippen molar-refractivity contribution in [3.8, 4) is 11.1 Å². The molecule has 1 N–H and O–H groups in total. The zero-order valence-corrected chi connectivity index (χ0v) is 25.3. The number of rotatable bonds is 9. The molecule has 2 atom stereocenters. The maximum atomic E-state index is 14.3. The summed E-state index contributed by atoms with van der Waals surface area (Å²) < 4.78 is 5.94. The zero-order valence-electron chi connectivity index (χ0n) is 25.3. The molecule has 6 rings (SSSR count). The number of fused-ring (bicyclic) bond motifs is 4. The van der Waals surface area contributed by atoms with E-state index in [9.17, 15) is 14.7 Å². The lowest BCUT2D eigenvalue weighted by molar-refractivity contribution is -0.137. The fraction of sp³-hybridized carbons (Fsp3) is 0.297. The van der Waals surface area contributed by atoms with E-state index in [4.69, 9.17) is 4.74 Å². The van der Waals surface area contributed by atoms with Gasteiger partial charge in [-0.2, -0.15) is 0 Å². The number of nitrogens with zero attached hydrogens (tertiary/aromatic N) is 2. The Kier molecular flexibility index (Phi) is 8.29. The topological polar surface area (TPSA) is 85.5 Å². The normalized spacial score (nSPS) is 16.3. The molecule has 1 aliphatic carbocycles. The number of aromatic amines is 1. The number of carbonyl (C=O) groups excluding carboxylic acids is 2. The zero-order chi connectivity index (χ0) is 30.8. The van der Waals surface area contributed by atoms with Crippen molar-refractivity contribution < 1.29 is 19.4 Å². The third kappa shape index (κ3) is 5.62. The van der Waals surface area contributed by atoms with E-state index in [0.29, 0.717) is 25.8 Å². The summed E-state index contributed by atoms with van der Waals surface area (Å²) in [4.78, 5) is 34.2. The van der Waals surface area contributed by atoms with E-state index in [1.54, 1.807) is 9.80 Å². The highest BCUT2D eigenvalue weighted by Gasteiger charge is 2.41. The molecule has 1 radical (unpaired) electrons. The largest absolute Gasteiger partial charge is 0.448 e. The van der Waals surface area contributed by atoms with Crippen LogP contribution in [0.2, 0.25) is 0 Å². The Balaban J connectivity index is 1.21. The van der Waals surface area contributed by atoms with E-state index in [1.807, 2.05) is 74.7 Å². The van der Waals surface area contributed by atoms with E-state index in [-0.39, 0.29) is 30.7 Å². The van der Waals surface area contributed by atoms with E-state index in [1.165, 1.54) is 0 Å². The van der Waals surface area contributed by atoms with Gasteiger partial charge < -0.3 is 14.6 Å². The number of aromatic nitrogens is 1. The predicted octanol–water partition coefficient (Wildman–Crippen LogP) is 7.23. The third-order valence-electron chi connectivity index (χ3n) is 8.92. The number of ether oxygens (including phenoxy) is 1. The quantitative estimate of drug-likeness (QED) is 0.165. The highest BCUT2D eigenvalue weighted by molar-refractivity contribution is 5.87. The van der Waals surface area contributed by atoms with Crippen LogP contribution in [0.15, 0.2) is 103 Å². The van der Waals surface area contributed by atoms with Crippen LogP contribution in [0.5, 0.6) is 0 Å². The lowest BCUT2D eigenvalue weighted by Crippen LogP contribution is -2.52. The Hall–Kier alpha value is -4.78. The van der Waals surface area contributed by atoms with Crippen LogP contribution in [-0.2, 0) is 21.1 Å². The van der Waals surface area contributed by atoms with E-state index >= 15 is 0 Å². The molecule has 4 aromatic rings. The molecule has 0 bridgehead atoms. The van der Waals surface area contributed by atoms with Gasteiger partial charge in [-0.15, -0.1) is 0 Å². The van der Waals surface area contributed by atoms with Crippen molar-refractivity contribution in [2.45, 2.75) is 51.1 Å². The van der Waals surface area contributed by atoms with Gasteiger partial charge in [0.15, 0.2) is 5.76 Å². The number of carbonyl (C=O) groups is 2. The lowest BCUT2D eigenvalue weighted by atomic mass is 9.98. The third-order valence-corrected chi connectivity index (χ3v) is 8.92. The van der Waals surface area contributed by atoms with Crippen molar-refractivity contribution in [3.63, 3.8) is 0 Å². The summed E-state index contributed by atoms with van der Waals surface area (Å²) in [5.41, 5.74) is 7.54. The van der Waals surface area contributed by atoms with E-state index < -0.39 is 18.2 Å². The number of nitrogens with one attached hydrogen (secondary N) is 1. The summed E-state index contributed by atoms with van der Waals surface area (Å²) in [5, 5.41) is 14.0. The van der Waals surface area contributed by atoms with Crippen molar-refractivity contribution in [3.05, 3.63) is 120 Å². The van der Waals surface area contributed by atoms with E-state index in [0.717, 1.165) is 44.3 Å². The van der Waals surface area contributed by atoms with Crippen LogP contribution in [0.1, 0.15) is 49.3 Å². The summed E-state index contributed by atoms with van der Waals surface area (Å²) >= 11 is 0. The molecule has 44 heavy (non-hydrogen) atoms. The molecule has 2 aliphatic rings. The van der Waals surface area contributed by atoms with Crippen LogP contribution in [0.4, 0.5) is 4.79 Å². The van der Waals surface area contributed by atoms with Crippen molar-refractivity contribution in [1.29, 1.82) is 0 Å². The molecule has 2 amide bonds. The Labute approximate surface area is 258 Å². The first kappa shape index (κ1) is 29.3. The second-order valence-electron chi connectivity index (χ2n) is 12.0. The predicted molar refractivity (Wildman–Crippen MR) is 172 cm³/mol. The van der Waals surface area contributed by atoms with Crippen molar-refractivity contribution in [1.82, 2.24) is 14.8 Å². The van der Waals surface area contributed by atoms with Crippen molar-refractivity contribution in [2.75, 3.05) is 19.7 Å². The van der Waals surface area contributed by atoms with Crippen LogP contribution in [0, 0.1) is 0 Å². The monoisotopic (exact) mass is 588 g/mol. The van der Waals surface area contributed by atoms with Gasteiger partial charge in [-0.25, -0.2) is 4.79 Å². The Morgan fingerprint density at radius 1 is 1.02 bits per heavy atom. The summed E-state index contributed by atoms with van der Waals surface area (Å²) in [6, 6.07) is 22.8. The Bertz CT molecular complexity index is 1690. The van der Waals surface area contributed by atoms with Crippen LogP contribution < -0.4 is 0 Å². The molecule has 7 heteroatoms. The van der Waals surface area contributed by atoms with Gasteiger partial charge in [-0.1, -0.05) is 85.0 Å². The molecule has 2 heterocycles. The number of benzene rings is 3. The molecule has 0 unspecified atom stereocenters. The number of allylic oxidation sites excluding steroid dienone is 1. The smallest absolute Gasteiger partial charge is 0.410 e. The fourth-order valence-electron chi connectivity index (χ4n) is 6.67. The number of para-hydroxylation sites is 1. The highest BCUT2D eigenvalue weighted by atomic mass is 16.6. The minimum atomic E-state index is -0.776. The minimum absolute atomic E-state index is 0.0680. The van der Waals surface area contributed by atoms with Gasteiger partial charge in [0.1, 0.15) is 12.6 Å². The molecule has 1 aliphatic heterocycles. The number of amides is 2. The summed E-state index contributed by atoms with van der Waals surface area (Å²) in [6.07, 6.45) is 4.85. The second kappa shape index (κ2) is 12.4. The van der Waals surface area contributed by atoms with Gasteiger partial charge in [0, 0.05) is 42.5 Å². The first-order valence-corrected chi connectivity index (χ1v) is 15.3. The average Bonchev–Trinajstić information content (AvgIpc) is 3.75. The maximum Gasteiger partial charge on any atom is 0.410 e. The molecule has 0 saturated carbocycles. The number of hydrogen-bond acceptors (Lipinski definition) is 3. The molecular formula is C37H38N3O4. The summed E-state index contributed by atoms with van der Waals surface area (Å²) in [7, 11) is 0. The van der Waals surface area contributed by atoms with E-state index in [2.05, 4.69) is 35.8 Å². The molecule has 1 aromatic heterocycles. The lowest BCUT2D eigenvalue weighted by Gasteiger charge is -2.34. The van der Waals surface area contributed by atoms with Crippen LogP contribution in [-0.4, -0.2) is 58.6 Å². The maximum absolute atomic E-state index is 14.3. The SMILES string of the molecule is C=C([O])[C@H](Cc1c[nH]c2ccccc12)N(CC=C(C)C)C(=O)[C@@H]1CCCN1C(=O)OCC1c2ccccc2-c2ccccc21.